The molecule has 2 amide bonds. The third-order valence-corrected chi connectivity index (χ3v) is 8.18. The van der Waals surface area contributed by atoms with Gasteiger partial charge in [-0.05, 0) is 24.5 Å². The highest BCUT2D eigenvalue weighted by Crippen LogP contribution is 2.44. The van der Waals surface area contributed by atoms with E-state index in [1.165, 1.54) is 39.8 Å². The molecular formula is C18H23N9O4S3. The quantitative estimate of drug-likeness (QED) is 0.273. The van der Waals surface area contributed by atoms with Crippen molar-refractivity contribution in [1.82, 2.24) is 40.3 Å². The van der Waals surface area contributed by atoms with Gasteiger partial charge in [-0.2, -0.15) is 0 Å². The summed E-state index contributed by atoms with van der Waals surface area (Å²) in [6.07, 6.45) is 0.239. The topological polar surface area (TPSA) is 172 Å². The molecule has 1 saturated heterocycles. The third kappa shape index (κ3) is 5.34. The van der Waals surface area contributed by atoms with Crippen LogP contribution >= 0.6 is 34.9 Å². The normalized spacial score (nSPS) is 19.9. The molecule has 0 aromatic carbocycles. The number of hydrogen-bond donors (Lipinski definition) is 3. The minimum Gasteiger partial charge on any atom is -0.477 e. The number of carboxylic acid groups (broad SMARTS) is 1. The molecule has 13 nitrogen and oxygen atoms in total. The minimum atomic E-state index is -1.22. The van der Waals surface area contributed by atoms with E-state index < -0.39 is 11.3 Å². The number of carbonyl (C=O) groups excluding carboxylic acids is 2. The van der Waals surface area contributed by atoms with E-state index in [-0.39, 0.29) is 41.5 Å². The number of tetrazole rings is 1. The largest absolute Gasteiger partial charge is 0.477 e. The number of likely N-dealkylation sites (N-methyl/N-ethyl adjacent to an activating group) is 1. The average Bonchev–Trinajstić information content (AvgIpc) is 3.38. The van der Waals surface area contributed by atoms with Crippen molar-refractivity contribution in [1.29, 1.82) is 0 Å². The van der Waals surface area contributed by atoms with Crippen LogP contribution in [-0.4, -0.2) is 95.0 Å². The van der Waals surface area contributed by atoms with Gasteiger partial charge in [-0.1, -0.05) is 11.8 Å². The summed E-state index contributed by atoms with van der Waals surface area (Å²) in [4.78, 5) is 44.5. The summed E-state index contributed by atoms with van der Waals surface area (Å²) in [6.45, 7) is 1.28. The minimum absolute atomic E-state index is 0.0175. The SMILES string of the molecule is CN(C)CCn1nnnc1SCC1=C(C(=O)O)N2C(=O)C[C@H]2SC1NC(=O)Cc1csc(N)n1. The lowest BCUT2D eigenvalue weighted by atomic mass is 10.1. The van der Waals surface area contributed by atoms with Crippen LogP contribution in [0.1, 0.15) is 12.1 Å². The second kappa shape index (κ2) is 10.3. The number of β-lactam (4-membered cyclic amide) rings is 1. The Labute approximate surface area is 207 Å². The lowest BCUT2D eigenvalue weighted by Crippen LogP contribution is -2.57. The van der Waals surface area contributed by atoms with Crippen LogP contribution in [0, 0.1) is 0 Å². The Morgan fingerprint density at radius 1 is 1.41 bits per heavy atom. The second-order valence-corrected chi connectivity index (χ2v) is 10.9. The zero-order chi connectivity index (χ0) is 24.4. The molecule has 2 atom stereocenters. The fourth-order valence-electron chi connectivity index (χ4n) is 3.43. The molecule has 2 aliphatic heterocycles. The van der Waals surface area contributed by atoms with Crippen molar-refractivity contribution >= 4 is 57.8 Å². The van der Waals surface area contributed by atoms with Crippen LogP contribution in [0.25, 0.3) is 0 Å². The highest BCUT2D eigenvalue weighted by atomic mass is 32.2. The first-order valence-corrected chi connectivity index (χ1v) is 13.0. The van der Waals surface area contributed by atoms with E-state index in [0.29, 0.717) is 28.1 Å². The van der Waals surface area contributed by atoms with Crippen LogP contribution in [0.3, 0.4) is 0 Å². The van der Waals surface area contributed by atoms with E-state index >= 15 is 0 Å². The smallest absolute Gasteiger partial charge is 0.352 e. The lowest BCUT2D eigenvalue weighted by Gasteiger charge is -2.46. The second-order valence-electron chi connectivity index (χ2n) is 7.82. The summed E-state index contributed by atoms with van der Waals surface area (Å²) in [5.74, 6) is -1.60. The van der Waals surface area contributed by atoms with Crippen molar-refractivity contribution in [2.75, 3.05) is 32.1 Å². The van der Waals surface area contributed by atoms with Crippen LogP contribution in [0.15, 0.2) is 21.8 Å². The van der Waals surface area contributed by atoms with Gasteiger partial charge in [-0.3, -0.25) is 14.5 Å². The summed E-state index contributed by atoms with van der Waals surface area (Å²) in [7, 11) is 3.88. The monoisotopic (exact) mass is 525 g/mol. The zero-order valence-corrected chi connectivity index (χ0v) is 20.8. The van der Waals surface area contributed by atoms with Gasteiger partial charge in [0.1, 0.15) is 11.1 Å². The van der Waals surface area contributed by atoms with Gasteiger partial charge in [0.15, 0.2) is 5.13 Å². The van der Waals surface area contributed by atoms with E-state index in [1.54, 1.807) is 10.1 Å². The Morgan fingerprint density at radius 3 is 2.85 bits per heavy atom. The Hall–Kier alpha value is -2.69. The van der Waals surface area contributed by atoms with Crippen molar-refractivity contribution < 1.29 is 19.5 Å². The van der Waals surface area contributed by atoms with Gasteiger partial charge in [0, 0.05) is 23.3 Å². The van der Waals surface area contributed by atoms with Gasteiger partial charge >= 0.3 is 5.97 Å². The fourth-order valence-corrected chi connectivity index (χ4v) is 6.52. The van der Waals surface area contributed by atoms with Gasteiger partial charge in [0.05, 0.1) is 30.5 Å². The first kappa shape index (κ1) is 24.4. The number of hydrogen-bond acceptors (Lipinski definition) is 12. The summed E-state index contributed by atoms with van der Waals surface area (Å²) < 4.78 is 1.64. The van der Waals surface area contributed by atoms with E-state index in [4.69, 9.17) is 5.73 Å². The number of aromatic nitrogens is 5. The summed E-state index contributed by atoms with van der Waals surface area (Å²) in [5.41, 5.74) is 6.50. The number of aliphatic carboxylic acids is 1. The van der Waals surface area contributed by atoms with Crippen LogP contribution in [-0.2, 0) is 27.3 Å². The lowest BCUT2D eigenvalue weighted by molar-refractivity contribution is -0.146. The van der Waals surface area contributed by atoms with Crippen molar-refractivity contribution in [2.24, 2.45) is 0 Å². The predicted molar refractivity (Wildman–Crippen MR) is 127 cm³/mol. The third-order valence-electron chi connectivity index (χ3n) is 5.08. The number of nitrogens with two attached hydrogens (primary N) is 1. The number of anilines is 1. The van der Waals surface area contributed by atoms with Crippen molar-refractivity contribution in [3.63, 3.8) is 0 Å². The molecule has 0 radical (unpaired) electrons. The van der Waals surface area contributed by atoms with Crippen LogP contribution in [0.4, 0.5) is 5.13 Å². The summed E-state index contributed by atoms with van der Waals surface area (Å²) in [6, 6.07) is 0. The molecule has 0 saturated carbocycles. The number of fused-ring (bicyclic) bond motifs is 1. The Morgan fingerprint density at radius 2 is 2.21 bits per heavy atom. The summed E-state index contributed by atoms with van der Waals surface area (Å²) in [5, 5.41) is 26.2. The first-order valence-electron chi connectivity index (χ1n) is 10.2. The molecule has 0 aliphatic carbocycles. The molecule has 0 bridgehead atoms. The molecule has 2 aromatic rings. The maximum atomic E-state index is 12.7. The molecule has 182 valence electrons. The Bertz CT molecular complexity index is 1130. The van der Waals surface area contributed by atoms with Gasteiger partial charge in [-0.15, -0.1) is 28.2 Å². The van der Waals surface area contributed by atoms with E-state index in [2.05, 4.69) is 25.8 Å². The molecule has 2 aromatic heterocycles. The molecule has 34 heavy (non-hydrogen) atoms. The fraction of sp³-hybridized carbons (Fsp3) is 0.500. The van der Waals surface area contributed by atoms with Gasteiger partial charge in [0.2, 0.25) is 17.0 Å². The molecule has 16 heteroatoms. The number of carboxylic acids is 1. The number of nitrogens with zero attached hydrogens (tertiary/aromatic N) is 7. The highest BCUT2D eigenvalue weighted by Gasteiger charge is 2.48. The molecule has 4 heterocycles. The number of carbonyl (C=O) groups is 3. The molecule has 2 aliphatic rings. The van der Waals surface area contributed by atoms with Gasteiger partial charge in [-0.25, -0.2) is 14.5 Å². The number of amides is 2. The zero-order valence-electron chi connectivity index (χ0n) is 18.4. The maximum Gasteiger partial charge on any atom is 0.352 e. The molecule has 0 spiro atoms. The number of nitrogens with one attached hydrogen (secondary N) is 1. The van der Waals surface area contributed by atoms with Gasteiger partial charge in [0.25, 0.3) is 0 Å². The van der Waals surface area contributed by atoms with Crippen LogP contribution in [0.2, 0.25) is 0 Å². The average molecular weight is 526 g/mol. The van der Waals surface area contributed by atoms with Crippen LogP contribution < -0.4 is 11.1 Å². The number of thioether (sulfide) groups is 2. The van der Waals surface area contributed by atoms with E-state index in [0.717, 1.165) is 6.54 Å². The van der Waals surface area contributed by atoms with Crippen molar-refractivity contribution in [2.45, 2.75) is 35.3 Å². The van der Waals surface area contributed by atoms with E-state index in [9.17, 15) is 19.5 Å². The number of thiazole rings is 1. The number of nitrogen functional groups attached to an aromatic ring is 1. The van der Waals surface area contributed by atoms with Crippen LogP contribution in [0.5, 0.6) is 0 Å². The molecule has 1 fully saturated rings. The first-order chi connectivity index (χ1) is 16.2. The van der Waals surface area contributed by atoms with Gasteiger partial charge < -0.3 is 21.1 Å². The standard InChI is InChI=1S/C18H23N9O4S3/c1-25(2)3-4-26-18(22-23-24-26)33-8-10-14(16(30)31)27-12(29)6-13(27)34-15(10)21-11(28)5-9-7-32-17(19)20-9/h7,13,15H,3-6,8H2,1-2H3,(H2,19,20)(H,21,28)(H,30,31)/t13-,15?/m1/s1. The number of rotatable bonds is 10. The Kier molecular flexibility index (Phi) is 7.39. The molecule has 1 unspecified atom stereocenters. The van der Waals surface area contributed by atoms with Crippen molar-refractivity contribution in [3.05, 3.63) is 22.3 Å². The maximum absolute atomic E-state index is 12.7. The predicted octanol–water partition coefficient (Wildman–Crippen LogP) is -0.306. The molecule has 4 N–H and O–H groups in total. The molecule has 4 rings (SSSR count). The molecular weight excluding hydrogens is 502 g/mol. The highest BCUT2D eigenvalue weighted by molar-refractivity contribution is 8.01. The van der Waals surface area contributed by atoms with E-state index in [1.807, 2.05) is 19.0 Å². The van der Waals surface area contributed by atoms with Crippen molar-refractivity contribution in [3.8, 4) is 0 Å². The Balaban J connectivity index is 1.55. The summed E-state index contributed by atoms with van der Waals surface area (Å²) >= 11 is 3.85.